The Morgan fingerprint density at radius 3 is 2.71 bits per heavy atom. The molecule has 1 aromatic heterocycles. The van der Waals surface area contributed by atoms with E-state index in [0.717, 1.165) is 23.3 Å². The summed E-state index contributed by atoms with van der Waals surface area (Å²) in [7, 11) is 0. The highest BCUT2D eigenvalue weighted by Crippen LogP contribution is 2.25. The minimum absolute atomic E-state index is 0.424. The smallest absolute Gasteiger partial charge is 0.106 e. The Bertz CT molecular complexity index is 499. The number of rotatable bonds is 4. The van der Waals surface area contributed by atoms with E-state index >= 15 is 0 Å². The first-order valence-electron chi connectivity index (χ1n) is 6.34. The van der Waals surface area contributed by atoms with Crippen molar-refractivity contribution in [2.45, 2.75) is 33.1 Å². The normalized spacial score (nSPS) is 13.5. The molecule has 0 aliphatic heterocycles. The van der Waals surface area contributed by atoms with Gasteiger partial charge >= 0.3 is 0 Å². The average molecular weight is 231 g/mol. The standard InChI is InChI=1S/C14H21N3/c1-4-14-16-12-6-5-10(7-13(12)17-14)11(8-15)9(2)3/h5-7,9,11H,4,8,15H2,1-3H3,(H,16,17). The Labute approximate surface area is 102 Å². The molecule has 0 radical (unpaired) electrons. The molecular formula is C14H21N3. The lowest BCUT2D eigenvalue weighted by Gasteiger charge is -2.19. The van der Waals surface area contributed by atoms with E-state index in [4.69, 9.17) is 5.73 Å². The maximum absolute atomic E-state index is 5.86. The third-order valence-electron chi connectivity index (χ3n) is 3.38. The van der Waals surface area contributed by atoms with Gasteiger partial charge in [0.05, 0.1) is 11.0 Å². The number of aromatic nitrogens is 2. The van der Waals surface area contributed by atoms with Crippen LogP contribution >= 0.6 is 0 Å². The van der Waals surface area contributed by atoms with E-state index in [1.165, 1.54) is 5.56 Å². The summed E-state index contributed by atoms with van der Waals surface area (Å²) < 4.78 is 0. The minimum atomic E-state index is 0.424. The first-order chi connectivity index (χ1) is 8.15. The Morgan fingerprint density at radius 1 is 1.35 bits per heavy atom. The van der Waals surface area contributed by atoms with Gasteiger partial charge in [-0.2, -0.15) is 0 Å². The molecule has 17 heavy (non-hydrogen) atoms. The molecule has 0 saturated carbocycles. The van der Waals surface area contributed by atoms with Gasteiger partial charge in [-0.05, 0) is 36.1 Å². The molecule has 2 aromatic rings. The molecule has 0 spiro atoms. The molecule has 0 bridgehead atoms. The zero-order valence-corrected chi connectivity index (χ0v) is 10.8. The lowest BCUT2D eigenvalue weighted by molar-refractivity contribution is 0.507. The molecule has 3 nitrogen and oxygen atoms in total. The molecule has 2 rings (SSSR count). The number of hydrogen-bond acceptors (Lipinski definition) is 2. The van der Waals surface area contributed by atoms with Gasteiger partial charge in [-0.15, -0.1) is 0 Å². The maximum Gasteiger partial charge on any atom is 0.106 e. The van der Waals surface area contributed by atoms with Gasteiger partial charge in [0.1, 0.15) is 5.82 Å². The number of imidazole rings is 1. The van der Waals surface area contributed by atoms with Crippen LogP contribution in [0, 0.1) is 5.92 Å². The van der Waals surface area contributed by atoms with Gasteiger partial charge in [0.2, 0.25) is 0 Å². The van der Waals surface area contributed by atoms with Crippen molar-refractivity contribution in [1.82, 2.24) is 9.97 Å². The number of nitrogens with zero attached hydrogens (tertiary/aromatic N) is 1. The molecule has 0 fully saturated rings. The first kappa shape index (κ1) is 12.1. The van der Waals surface area contributed by atoms with Crippen molar-refractivity contribution >= 4 is 11.0 Å². The maximum atomic E-state index is 5.86. The van der Waals surface area contributed by atoms with Crippen molar-refractivity contribution in [1.29, 1.82) is 0 Å². The highest BCUT2D eigenvalue weighted by molar-refractivity contribution is 5.76. The van der Waals surface area contributed by atoms with E-state index in [0.29, 0.717) is 18.4 Å². The zero-order chi connectivity index (χ0) is 12.4. The van der Waals surface area contributed by atoms with E-state index in [2.05, 4.69) is 48.9 Å². The van der Waals surface area contributed by atoms with E-state index in [1.54, 1.807) is 0 Å². The molecule has 0 aliphatic rings. The van der Waals surface area contributed by atoms with Gasteiger partial charge in [-0.25, -0.2) is 4.98 Å². The number of nitrogens with two attached hydrogens (primary N) is 1. The van der Waals surface area contributed by atoms with Crippen molar-refractivity contribution in [3.8, 4) is 0 Å². The highest BCUT2D eigenvalue weighted by atomic mass is 14.9. The summed E-state index contributed by atoms with van der Waals surface area (Å²) in [5, 5.41) is 0. The van der Waals surface area contributed by atoms with Crippen molar-refractivity contribution in [3.63, 3.8) is 0 Å². The third kappa shape index (κ3) is 2.34. The van der Waals surface area contributed by atoms with E-state index in [-0.39, 0.29) is 0 Å². The largest absolute Gasteiger partial charge is 0.342 e. The zero-order valence-electron chi connectivity index (χ0n) is 10.8. The Hall–Kier alpha value is -1.35. The molecule has 1 unspecified atom stereocenters. The fourth-order valence-electron chi connectivity index (χ4n) is 2.27. The average Bonchev–Trinajstić information content (AvgIpc) is 2.71. The van der Waals surface area contributed by atoms with Crippen molar-refractivity contribution < 1.29 is 0 Å². The quantitative estimate of drug-likeness (QED) is 0.850. The van der Waals surface area contributed by atoms with Gasteiger partial charge in [-0.1, -0.05) is 26.8 Å². The van der Waals surface area contributed by atoms with Crippen LogP contribution in [0.4, 0.5) is 0 Å². The van der Waals surface area contributed by atoms with Crippen LogP contribution in [0.3, 0.4) is 0 Å². The Balaban J connectivity index is 2.42. The monoisotopic (exact) mass is 231 g/mol. The van der Waals surface area contributed by atoms with Crippen LogP contribution in [0.15, 0.2) is 18.2 Å². The SMILES string of the molecule is CCc1nc2ccc(C(CN)C(C)C)cc2[nH]1. The van der Waals surface area contributed by atoms with Crippen LogP contribution in [0.5, 0.6) is 0 Å². The van der Waals surface area contributed by atoms with Gasteiger partial charge < -0.3 is 10.7 Å². The lowest BCUT2D eigenvalue weighted by Crippen LogP contribution is -2.17. The molecular weight excluding hydrogens is 210 g/mol. The highest BCUT2D eigenvalue weighted by Gasteiger charge is 2.14. The molecule has 3 N–H and O–H groups in total. The number of hydrogen-bond donors (Lipinski definition) is 2. The number of fused-ring (bicyclic) bond motifs is 1. The van der Waals surface area contributed by atoms with Gasteiger partial charge in [-0.3, -0.25) is 0 Å². The fourth-order valence-corrected chi connectivity index (χ4v) is 2.27. The molecule has 0 saturated heterocycles. The second-order valence-electron chi connectivity index (χ2n) is 4.90. The van der Waals surface area contributed by atoms with Gasteiger partial charge in [0, 0.05) is 6.42 Å². The van der Waals surface area contributed by atoms with Crippen molar-refractivity contribution in [2.24, 2.45) is 11.7 Å². The van der Waals surface area contributed by atoms with Gasteiger partial charge in [0.25, 0.3) is 0 Å². The van der Waals surface area contributed by atoms with Crippen LogP contribution in [0.2, 0.25) is 0 Å². The molecule has 1 heterocycles. The van der Waals surface area contributed by atoms with Crippen LogP contribution in [-0.2, 0) is 6.42 Å². The first-order valence-corrected chi connectivity index (χ1v) is 6.34. The van der Waals surface area contributed by atoms with Crippen LogP contribution in [0.1, 0.15) is 38.1 Å². The summed E-state index contributed by atoms with van der Waals surface area (Å²) in [5.74, 6) is 2.03. The van der Waals surface area contributed by atoms with E-state index in [9.17, 15) is 0 Å². The topological polar surface area (TPSA) is 54.7 Å². The summed E-state index contributed by atoms with van der Waals surface area (Å²) in [6.45, 7) is 7.23. The van der Waals surface area contributed by atoms with Gasteiger partial charge in [0.15, 0.2) is 0 Å². The molecule has 3 heteroatoms. The summed E-state index contributed by atoms with van der Waals surface area (Å²) in [4.78, 5) is 7.87. The Kier molecular flexibility index (Phi) is 3.48. The summed E-state index contributed by atoms with van der Waals surface area (Å²) in [6, 6.07) is 6.44. The minimum Gasteiger partial charge on any atom is -0.342 e. The predicted molar refractivity (Wildman–Crippen MR) is 72.1 cm³/mol. The summed E-state index contributed by atoms with van der Waals surface area (Å²) in [6.07, 6.45) is 0.939. The third-order valence-corrected chi connectivity index (χ3v) is 3.38. The number of aryl methyl sites for hydroxylation is 1. The van der Waals surface area contributed by atoms with Crippen molar-refractivity contribution in [2.75, 3.05) is 6.54 Å². The number of H-pyrrole nitrogens is 1. The Morgan fingerprint density at radius 2 is 2.12 bits per heavy atom. The number of nitrogens with one attached hydrogen (secondary N) is 1. The second-order valence-corrected chi connectivity index (χ2v) is 4.90. The second kappa shape index (κ2) is 4.88. The number of benzene rings is 1. The fraction of sp³-hybridized carbons (Fsp3) is 0.500. The number of aromatic amines is 1. The van der Waals surface area contributed by atoms with E-state index in [1.807, 2.05) is 0 Å². The predicted octanol–water partition coefficient (Wildman–Crippen LogP) is 2.82. The molecule has 1 aromatic carbocycles. The molecule has 0 aliphatic carbocycles. The van der Waals surface area contributed by atoms with Crippen LogP contribution in [-0.4, -0.2) is 16.5 Å². The van der Waals surface area contributed by atoms with Crippen LogP contribution in [0.25, 0.3) is 11.0 Å². The summed E-state index contributed by atoms with van der Waals surface area (Å²) in [5.41, 5.74) is 9.33. The summed E-state index contributed by atoms with van der Waals surface area (Å²) >= 11 is 0. The van der Waals surface area contributed by atoms with E-state index < -0.39 is 0 Å². The molecule has 1 atom stereocenters. The van der Waals surface area contributed by atoms with Crippen molar-refractivity contribution in [3.05, 3.63) is 29.6 Å². The molecule has 92 valence electrons. The van der Waals surface area contributed by atoms with Crippen LogP contribution < -0.4 is 5.73 Å². The lowest BCUT2D eigenvalue weighted by atomic mass is 9.88. The molecule has 0 amide bonds.